The molecule has 1 saturated carbocycles. The van der Waals surface area contributed by atoms with Gasteiger partial charge >= 0.3 is 0 Å². The molecule has 11 heavy (non-hydrogen) atoms. The van der Waals surface area contributed by atoms with Crippen molar-refractivity contribution >= 4 is 17.1 Å². The van der Waals surface area contributed by atoms with Gasteiger partial charge in [-0.05, 0) is 25.2 Å². The van der Waals surface area contributed by atoms with Gasteiger partial charge in [0.25, 0.3) is 0 Å². The molecule has 60 valence electrons. The van der Waals surface area contributed by atoms with E-state index in [1.165, 1.54) is 16.9 Å². The molecule has 0 aromatic heterocycles. The van der Waals surface area contributed by atoms with E-state index < -0.39 is 0 Å². The van der Waals surface area contributed by atoms with Crippen LogP contribution in [-0.4, -0.2) is 4.86 Å². The molecule has 2 rings (SSSR count). The molecule has 0 saturated heterocycles. The predicted molar refractivity (Wildman–Crippen MR) is 51.7 cm³/mol. The van der Waals surface area contributed by atoms with Gasteiger partial charge in [0.05, 0.1) is 0 Å². The van der Waals surface area contributed by atoms with Crippen LogP contribution in [0.4, 0.5) is 0 Å². The molecule has 2 aliphatic rings. The van der Waals surface area contributed by atoms with E-state index in [0.717, 1.165) is 11.8 Å². The molecule has 0 amide bonds. The zero-order valence-electron chi connectivity index (χ0n) is 7.35. The van der Waals surface area contributed by atoms with Gasteiger partial charge < -0.3 is 0 Å². The van der Waals surface area contributed by atoms with Crippen LogP contribution in [0.15, 0.2) is 11.6 Å². The van der Waals surface area contributed by atoms with Crippen molar-refractivity contribution in [2.24, 2.45) is 17.3 Å². The standard InChI is InChI=1S/C10H14S/c1-6-5-10(3)8(7(6)2)4-9(10)11/h5,7-8H,4H2,1-3H3. The maximum Gasteiger partial charge on any atom is 0.0207 e. The average Bonchev–Trinajstić information content (AvgIpc) is 2.12. The smallest absolute Gasteiger partial charge is 0.0207 e. The monoisotopic (exact) mass is 166 g/mol. The summed E-state index contributed by atoms with van der Waals surface area (Å²) in [4.78, 5) is 1.27. The van der Waals surface area contributed by atoms with E-state index in [1.54, 1.807) is 0 Å². The Morgan fingerprint density at radius 1 is 1.64 bits per heavy atom. The summed E-state index contributed by atoms with van der Waals surface area (Å²) in [6.07, 6.45) is 3.56. The molecule has 3 unspecified atom stereocenters. The minimum absolute atomic E-state index is 0.304. The van der Waals surface area contributed by atoms with E-state index in [4.69, 9.17) is 12.2 Å². The molecule has 0 aliphatic heterocycles. The predicted octanol–water partition coefficient (Wildman–Crippen LogP) is 2.98. The van der Waals surface area contributed by atoms with E-state index in [1.807, 2.05) is 0 Å². The first kappa shape index (κ1) is 7.48. The molecule has 1 fully saturated rings. The van der Waals surface area contributed by atoms with Crippen molar-refractivity contribution in [3.63, 3.8) is 0 Å². The SMILES string of the molecule is CC1=CC2(C)C(=S)CC2C1C. The molecule has 2 aliphatic carbocycles. The highest BCUT2D eigenvalue weighted by molar-refractivity contribution is 7.80. The molecule has 3 atom stereocenters. The van der Waals surface area contributed by atoms with Gasteiger partial charge in [-0.1, -0.05) is 37.7 Å². The first-order chi connectivity index (χ1) is 5.05. The number of allylic oxidation sites excluding steroid dienone is 2. The van der Waals surface area contributed by atoms with Gasteiger partial charge in [0.1, 0.15) is 0 Å². The number of hydrogen-bond donors (Lipinski definition) is 0. The summed E-state index contributed by atoms with van der Waals surface area (Å²) in [7, 11) is 0. The van der Waals surface area contributed by atoms with Crippen LogP contribution in [0, 0.1) is 17.3 Å². The summed E-state index contributed by atoms with van der Waals surface area (Å²) in [5, 5.41) is 0. The Morgan fingerprint density at radius 2 is 2.27 bits per heavy atom. The summed E-state index contributed by atoms with van der Waals surface area (Å²) in [6, 6.07) is 0. The number of thiocarbonyl (C=S) groups is 1. The second-order valence-electron chi connectivity index (χ2n) is 4.19. The Labute approximate surface area is 73.7 Å². The van der Waals surface area contributed by atoms with Crippen molar-refractivity contribution in [3.8, 4) is 0 Å². The Bertz CT molecular complexity index is 252. The van der Waals surface area contributed by atoms with Crippen LogP contribution in [0.25, 0.3) is 0 Å². The van der Waals surface area contributed by atoms with E-state index in [-0.39, 0.29) is 0 Å². The summed E-state index contributed by atoms with van der Waals surface area (Å²) in [6.45, 7) is 6.84. The molecule has 0 radical (unpaired) electrons. The van der Waals surface area contributed by atoms with Gasteiger partial charge in [0.15, 0.2) is 0 Å². The average molecular weight is 166 g/mol. The minimum atomic E-state index is 0.304. The van der Waals surface area contributed by atoms with Crippen molar-refractivity contribution in [2.75, 3.05) is 0 Å². The summed E-state index contributed by atoms with van der Waals surface area (Å²) >= 11 is 5.30. The molecule has 0 N–H and O–H groups in total. The second-order valence-corrected chi connectivity index (χ2v) is 4.69. The maximum absolute atomic E-state index is 5.30. The fraction of sp³-hybridized carbons (Fsp3) is 0.700. The van der Waals surface area contributed by atoms with Crippen LogP contribution < -0.4 is 0 Å². The Morgan fingerprint density at radius 3 is 2.64 bits per heavy atom. The summed E-state index contributed by atoms with van der Waals surface area (Å²) in [5.41, 5.74) is 1.84. The van der Waals surface area contributed by atoms with Crippen LogP contribution in [0.3, 0.4) is 0 Å². The van der Waals surface area contributed by atoms with Gasteiger partial charge in [-0.15, -0.1) is 0 Å². The summed E-state index contributed by atoms with van der Waals surface area (Å²) in [5.74, 6) is 1.60. The largest absolute Gasteiger partial charge is 0.0887 e. The molecule has 1 heteroatoms. The molecule has 0 aromatic carbocycles. The Balaban J connectivity index is 2.37. The number of fused-ring (bicyclic) bond motifs is 1. The normalized spacial score (nSPS) is 48.3. The van der Waals surface area contributed by atoms with E-state index >= 15 is 0 Å². The van der Waals surface area contributed by atoms with Crippen LogP contribution in [0.1, 0.15) is 27.2 Å². The molecule has 0 spiro atoms. The third kappa shape index (κ3) is 0.725. The van der Waals surface area contributed by atoms with Gasteiger partial charge in [0.2, 0.25) is 0 Å². The zero-order chi connectivity index (χ0) is 8.22. The van der Waals surface area contributed by atoms with Crippen LogP contribution in [0.2, 0.25) is 0 Å². The highest BCUT2D eigenvalue weighted by Crippen LogP contribution is 2.56. The van der Waals surface area contributed by atoms with Crippen LogP contribution >= 0.6 is 12.2 Å². The molecular formula is C10H14S. The molecular weight excluding hydrogens is 152 g/mol. The second kappa shape index (κ2) is 1.95. The first-order valence-corrected chi connectivity index (χ1v) is 4.69. The first-order valence-electron chi connectivity index (χ1n) is 4.28. The van der Waals surface area contributed by atoms with Crippen LogP contribution in [0.5, 0.6) is 0 Å². The number of rotatable bonds is 0. The molecule has 0 heterocycles. The summed E-state index contributed by atoms with van der Waals surface area (Å²) < 4.78 is 0. The van der Waals surface area contributed by atoms with Crippen molar-refractivity contribution in [1.29, 1.82) is 0 Å². The molecule has 0 bridgehead atoms. The lowest BCUT2D eigenvalue weighted by Crippen LogP contribution is -2.44. The zero-order valence-corrected chi connectivity index (χ0v) is 8.16. The van der Waals surface area contributed by atoms with Gasteiger partial charge in [-0.2, -0.15) is 0 Å². The van der Waals surface area contributed by atoms with Gasteiger partial charge in [-0.25, -0.2) is 0 Å². The fourth-order valence-electron chi connectivity index (χ4n) is 2.51. The third-order valence-electron chi connectivity index (χ3n) is 3.63. The Kier molecular flexibility index (Phi) is 1.32. The highest BCUT2D eigenvalue weighted by Gasteiger charge is 2.52. The molecule has 0 nitrogen and oxygen atoms in total. The highest BCUT2D eigenvalue weighted by atomic mass is 32.1. The van der Waals surface area contributed by atoms with Crippen molar-refractivity contribution in [2.45, 2.75) is 27.2 Å². The number of hydrogen-bond acceptors (Lipinski definition) is 1. The lowest BCUT2D eigenvalue weighted by molar-refractivity contribution is 0.261. The van der Waals surface area contributed by atoms with Crippen molar-refractivity contribution in [3.05, 3.63) is 11.6 Å². The van der Waals surface area contributed by atoms with Gasteiger partial charge in [0, 0.05) is 10.3 Å². The van der Waals surface area contributed by atoms with Gasteiger partial charge in [-0.3, -0.25) is 0 Å². The van der Waals surface area contributed by atoms with Crippen molar-refractivity contribution < 1.29 is 0 Å². The lowest BCUT2D eigenvalue weighted by Gasteiger charge is -2.44. The van der Waals surface area contributed by atoms with E-state index in [0.29, 0.717) is 5.41 Å². The van der Waals surface area contributed by atoms with Crippen molar-refractivity contribution in [1.82, 2.24) is 0 Å². The lowest BCUT2D eigenvalue weighted by atomic mass is 9.61. The minimum Gasteiger partial charge on any atom is -0.0887 e. The van der Waals surface area contributed by atoms with Crippen LogP contribution in [-0.2, 0) is 0 Å². The quantitative estimate of drug-likeness (QED) is 0.394. The topological polar surface area (TPSA) is 0 Å². The molecule has 0 aromatic rings. The maximum atomic E-state index is 5.30. The van der Waals surface area contributed by atoms with E-state index in [2.05, 4.69) is 26.8 Å². The Hall–Kier alpha value is -0.170. The van der Waals surface area contributed by atoms with E-state index in [9.17, 15) is 0 Å². The fourth-order valence-corrected chi connectivity index (χ4v) is 2.90. The third-order valence-corrected chi connectivity index (χ3v) is 4.23.